The molecule has 118 valence electrons. The van der Waals surface area contributed by atoms with Crippen molar-refractivity contribution in [2.75, 3.05) is 6.54 Å². The lowest BCUT2D eigenvalue weighted by Crippen LogP contribution is -2.35. The molecule has 1 nitrogen and oxygen atoms in total. The summed E-state index contributed by atoms with van der Waals surface area (Å²) in [5, 5.41) is 3.67. The van der Waals surface area contributed by atoms with Crippen LogP contribution in [0.25, 0.3) is 0 Å². The third-order valence-electron chi connectivity index (χ3n) is 5.16. The monoisotopic (exact) mass is 287 g/mol. The average Bonchev–Trinajstić information content (AvgIpc) is 2.41. The predicted octanol–water partition coefficient (Wildman–Crippen LogP) is 4.96. The van der Waals surface area contributed by atoms with Crippen LogP contribution >= 0.6 is 0 Å². The van der Waals surface area contributed by atoms with Crippen molar-refractivity contribution in [1.82, 2.24) is 5.32 Å². The molecule has 1 aromatic carbocycles. The van der Waals surface area contributed by atoms with Gasteiger partial charge < -0.3 is 5.32 Å². The van der Waals surface area contributed by atoms with Crippen LogP contribution in [0.2, 0.25) is 0 Å². The molecule has 0 amide bonds. The van der Waals surface area contributed by atoms with Gasteiger partial charge in [0.25, 0.3) is 0 Å². The minimum atomic E-state index is 0.607. The molecule has 0 spiro atoms. The molecule has 0 aliphatic heterocycles. The van der Waals surface area contributed by atoms with Crippen LogP contribution in [0.5, 0.6) is 0 Å². The molecule has 0 heterocycles. The number of rotatable bonds is 5. The van der Waals surface area contributed by atoms with E-state index in [1.54, 1.807) is 5.56 Å². The van der Waals surface area contributed by atoms with Crippen molar-refractivity contribution in [3.63, 3.8) is 0 Å². The van der Waals surface area contributed by atoms with Gasteiger partial charge in [-0.3, -0.25) is 0 Å². The van der Waals surface area contributed by atoms with Crippen LogP contribution in [0.15, 0.2) is 12.1 Å². The summed E-state index contributed by atoms with van der Waals surface area (Å²) >= 11 is 0. The van der Waals surface area contributed by atoms with Gasteiger partial charge in [-0.05, 0) is 75.1 Å². The Balaban J connectivity index is 2.08. The van der Waals surface area contributed by atoms with Crippen molar-refractivity contribution in [2.45, 2.75) is 72.8 Å². The molecular weight excluding hydrogens is 254 g/mol. The Kier molecular flexibility index (Phi) is 5.87. The summed E-state index contributed by atoms with van der Waals surface area (Å²) in [6, 6.07) is 5.31. The molecule has 0 bridgehead atoms. The van der Waals surface area contributed by atoms with Gasteiger partial charge in [0.2, 0.25) is 0 Å². The van der Waals surface area contributed by atoms with Crippen LogP contribution in [0.4, 0.5) is 0 Å². The standard InChI is InChI=1S/C20H33N/c1-14(2)21-13-19-9-7-6-8-18(19)12-20-16(4)10-15(3)11-17(20)5/h10-11,14,18-19,21H,6-9,12-13H2,1-5H3. The molecule has 0 radical (unpaired) electrons. The van der Waals surface area contributed by atoms with E-state index in [0.717, 1.165) is 11.8 Å². The Morgan fingerprint density at radius 3 is 2.14 bits per heavy atom. The summed E-state index contributed by atoms with van der Waals surface area (Å²) in [6.07, 6.45) is 6.95. The molecule has 1 saturated carbocycles. The molecule has 2 rings (SSSR count). The van der Waals surface area contributed by atoms with Crippen molar-refractivity contribution >= 4 is 0 Å². The first-order valence-corrected chi connectivity index (χ1v) is 8.77. The largest absolute Gasteiger partial charge is 0.314 e. The normalized spacial score (nSPS) is 22.8. The third-order valence-corrected chi connectivity index (χ3v) is 5.16. The van der Waals surface area contributed by atoms with Crippen LogP contribution < -0.4 is 5.32 Å². The molecule has 0 aromatic heterocycles. The molecular formula is C20H33N. The van der Waals surface area contributed by atoms with Crippen molar-refractivity contribution in [2.24, 2.45) is 11.8 Å². The van der Waals surface area contributed by atoms with Gasteiger partial charge in [-0.15, -0.1) is 0 Å². The Labute approximate surface area is 131 Å². The number of hydrogen-bond acceptors (Lipinski definition) is 1. The summed E-state index contributed by atoms with van der Waals surface area (Å²) in [6.45, 7) is 12.5. The lowest BCUT2D eigenvalue weighted by atomic mass is 9.75. The Hall–Kier alpha value is -0.820. The second kappa shape index (κ2) is 7.45. The maximum Gasteiger partial charge on any atom is 0.00104 e. The number of hydrogen-bond donors (Lipinski definition) is 1. The molecule has 1 aliphatic rings. The zero-order valence-corrected chi connectivity index (χ0v) is 14.6. The van der Waals surface area contributed by atoms with Gasteiger partial charge in [0.05, 0.1) is 0 Å². The van der Waals surface area contributed by atoms with Crippen LogP contribution in [-0.2, 0) is 6.42 Å². The summed E-state index contributed by atoms with van der Waals surface area (Å²) in [5.41, 5.74) is 6.00. The van der Waals surface area contributed by atoms with Gasteiger partial charge in [-0.1, -0.05) is 44.4 Å². The van der Waals surface area contributed by atoms with E-state index in [1.807, 2.05) is 0 Å². The van der Waals surface area contributed by atoms with Crippen molar-refractivity contribution in [3.8, 4) is 0 Å². The van der Waals surface area contributed by atoms with Gasteiger partial charge in [0, 0.05) is 6.04 Å². The van der Waals surface area contributed by atoms with E-state index in [0.29, 0.717) is 6.04 Å². The highest BCUT2D eigenvalue weighted by Crippen LogP contribution is 2.34. The van der Waals surface area contributed by atoms with Crippen molar-refractivity contribution in [1.29, 1.82) is 0 Å². The highest BCUT2D eigenvalue weighted by molar-refractivity contribution is 5.37. The predicted molar refractivity (Wildman–Crippen MR) is 92.9 cm³/mol. The highest BCUT2D eigenvalue weighted by atomic mass is 14.9. The van der Waals surface area contributed by atoms with E-state index in [1.165, 1.54) is 55.3 Å². The first kappa shape index (κ1) is 16.5. The fraction of sp³-hybridized carbons (Fsp3) is 0.700. The SMILES string of the molecule is Cc1cc(C)c(CC2CCCCC2CNC(C)C)c(C)c1. The summed E-state index contributed by atoms with van der Waals surface area (Å²) in [5.74, 6) is 1.73. The van der Waals surface area contributed by atoms with Gasteiger partial charge >= 0.3 is 0 Å². The zero-order valence-electron chi connectivity index (χ0n) is 14.6. The van der Waals surface area contributed by atoms with Gasteiger partial charge in [-0.2, -0.15) is 0 Å². The fourth-order valence-electron chi connectivity index (χ4n) is 4.00. The average molecular weight is 287 g/mol. The molecule has 1 N–H and O–H groups in total. The van der Waals surface area contributed by atoms with Crippen LogP contribution in [0.1, 0.15) is 61.8 Å². The minimum absolute atomic E-state index is 0.607. The molecule has 21 heavy (non-hydrogen) atoms. The molecule has 1 aliphatic carbocycles. The molecule has 2 unspecified atom stereocenters. The van der Waals surface area contributed by atoms with Crippen LogP contribution in [0, 0.1) is 32.6 Å². The minimum Gasteiger partial charge on any atom is -0.314 e. The van der Waals surface area contributed by atoms with Gasteiger partial charge in [0.1, 0.15) is 0 Å². The number of nitrogens with one attached hydrogen (secondary N) is 1. The third kappa shape index (κ3) is 4.57. The zero-order chi connectivity index (χ0) is 15.4. The fourth-order valence-corrected chi connectivity index (χ4v) is 4.00. The topological polar surface area (TPSA) is 12.0 Å². The summed E-state index contributed by atoms with van der Waals surface area (Å²) in [4.78, 5) is 0. The molecule has 1 aromatic rings. The smallest absolute Gasteiger partial charge is 0.00104 e. The summed E-state index contributed by atoms with van der Waals surface area (Å²) in [7, 11) is 0. The first-order chi connectivity index (χ1) is 9.97. The van der Waals surface area contributed by atoms with Gasteiger partial charge in [0.15, 0.2) is 0 Å². The van der Waals surface area contributed by atoms with Crippen LogP contribution in [-0.4, -0.2) is 12.6 Å². The van der Waals surface area contributed by atoms with Crippen molar-refractivity contribution < 1.29 is 0 Å². The molecule has 0 saturated heterocycles. The number of aryl methyl sites for hydroxylation is 3. The van der Waals surface area contributed by atoms with E-state index in [-0.39, 0.29) is 0 Å². The van der Waals surface area contributed by atoms with E-state index in [9.17, 15) is 0 Å². The van der Waals surface area contributed by atoms with E-state index >= 15 is 0 Å². The first-order valence-electron chi connectivity index (χ1n) is 8.77. The Bertz CT molecular complexity index is 438. The second-order valence-corrected chi connectivity index (χ2v) is 7.45. The maximum absolute atomic E-state index is 3.67. The summed E-state index contributed by atoms with van der Waals surface area (Å²) < 4.78 is 0. The highest BCUT2D eigenvalue weighted by Gasteiger charge is 2.26. The van der Waals surface area contributed by atoms with E-state index in [4.69, 9.17) is 0 Å². The van der Waals surface area contributed by atoms with Crippen LogP contribution in [0.3, 0.4) is 0 Å². The maximum atomic E-state index is 3.67. The lowest BCUT2D eigenvalue weighted by molar-refractivity contribution is 0.224. The van der Waals surface area contributed by atoms with E-state index < -0.39 is 0 Å². The Morgan fingerprint density at radius 1 is 1.00 bits per heavy atom. The van der Waals surface area contributed by atoms with Crippen molar-refractivity contribution in [3.05, 3.63) is 34.4 Å². The van der Waals surface area contributed by atoms with E-state index in [2.05, 4.69) is 52.1 Å². The molecule has 1 heteroatoms. The Morgan fingerprint density at radius 2 is 1.57 bits per heavy atom. The second-order valence-electron chi connectivity index (χ2n) is 7.45. The quantitative estimate of drug-likeness (QED) is 0.807. The molecule has 1 fully saturated rings. The lowest BCUT2D eigenvalue weighted by Gasteiger charge is -2.33. The number of benzene rings is 1. The van der Waals surface area contributed by atoms with Gasteiger partial charge in [-0.25, -0.2) is 0 Å². The molecule has 2 atom stereocenters.